The number of nitrogens with zero attached hydrogens (tertiary/aromatic N) is 2. The number of hydrogen-bond donors (Lipinski definition) is 0. The first-order valence-corrected chi connectivity index (χ1v) is 11.3. The van der Waals surface area contributed by atoms with E-state index in [-0.39, 0.29) is 24.1 Å². The molecule has 0 amide bonds. The zero-order chi connectivity index (χ0) is 22.1. The lowest BCUT2D eigenvalue weighted by molar-refractivity contribution is 0.0372. The Morgan fingerprint density at radius 1 is 0.781 bits per heavy atom. The van der Waals surface area contributed by atoms with Crippen molar-refractivity contribution in [2.75, 3.05) is 19.6 Å². The van der Waals surface area contributed by atoms with Gasteiger partial charge in [-0.05, 0) is 42.6 Å². The van der Waals surface area contributed by atoms with Gasteiger partial charge in [0.1, 0.15) is 5.82 Å². The molecule has 32 heavy (non-hydrogen) atoms. The molecule has 0 saturated carbocycles. The topological polar surface area (TPSA) is 6.48 Å². The molecule has 0 aromatic heterocycles. The van der Waals surface area contributed by atoms with Crippen molar-refractivity contribution in [1.29, 1.82) is 0 Å². The summed E-state index contributed by atoms with van der Waals surface area (Å²) in [6.45, 7) is 2.51. The van der Waals surface area contributed by atoms with E-state index in [2.05, 4.69) is 58.3 Å². The summed E-state index contributed by atoms with van der Waals surface area (Å²) >= 11 is 0. The molecule has 2 heterocycles. The molecule has 5 heteroatoms. The zero-order valence-electron chi connectivity index (χ0n) is 17.9. The molecule has 0 bridgehead atoms. The second kappa shape index (κ2) is 9.08. The number of benzene rings is 3. The van der Waals surface area contributed by atoms with Crippen LogP contribution in [0.1, 0.15) is 35.4 Å². The van der Waals surface area contributed by atoms with Gasteiger partial charge < -0.3 is 0 Å². The third-order valence-corrected chi connectivity index (χ3v) is 6.99. The van der Waals surface area contributed by atoms with Gasteiger partial charge in [0.15, 0.2) is 11.6 Å². The van der Waals surface area contributed by atoms with E-state index in [0.717, 1.165) is 38.1 Å². The van der Waals surface area contributed by atoms with Gasteiger partial charge in [0.05, 0.1) is 0 Å². The fourth-order valence-corrected chi connectivity index (χ4v) is 5.55. The highest BCUT2D eigenvalue weighted by molar-refractivity contribution is 5.35. The van der Waals surface area contributed by atoms with Crippen LogP contribution < -0.4 is 0 Å². The molecule has 2 saturated heterocycles. The van der Waals surface area contributed by atoms with Crippen molar-refractivity contribution in [1.82, 2.24) is 9.80 Å². The normalized spacial score (nSPS) is 21.8. The molecular weight excluding hydrogens is 409 g/mol. The Morgan fingerprint density at radius 3 is 2.06 bits per heavy atom. The third-order valence-electron chi connectivity index (χ3n) is 6.99. The standard InChI is InChI=1S/C27H27F3N2/c28-23-13-14-24(29)27(30)22(23)17-31-16-21-12-7-15-32(21)25(18-31)26(19-8-3-1-4-9-19)20-10-5-2-6-11-20/h1-6,8-11,13-14,21,25-26H,7,12,15-18H2. The van der Waals surface area contributed by atoms with Crippen LogP contribution in [0.4, 0.5) is 13.2 Å². The molecule has 166 valence electrons. The Hall–Kier alpha value is -2.63. The molecule has 5 rings (SSSR count). The van der Waals surface area contributed by atoms with Crippen LogP contribution in [0.25, 0.3) is 0 Å². The summed E-state index contributed by atoms with van der Waals surface area (Å²) in [5.41, 5.74) is 2.30. The summed E-state index contributed by atoms with van der Waals surface area (Å²) < 4.78 is 42.6. The second-order valence-corrected chi connectivity index (χ2v) is 8.92. The molecule has 2 atom stereocenters. The molecular formula is C27H27F3N2. The van der Waals surface area contributed by atoms with Crippen molar-refractivity contribution in [2.45, 2.75) is 37.4 Å². The minimum Gasteiger partial charge on any atom is -0.296 e. The predicted octanol–water partition coefficient (Wildman–Crippen LogP) is 5.58. The monoisotopic (exact) mass is 436 g/mol. The molecule has 3 aromatic carbocycles. The average Bonchev–Trinajstić information content (AvgIpc) is 3.30. The molecule has 2 aliphatic heterocycles. The van der Waals surface area contributed by atoms with Gasteiger partial charge in [0.25, 0.3) is 0 Å². The maximum absolute atomic E-state index is 14.4. The Balaban J connectivity index is 1.51. The highest BCUT2D eigenvalue weighted by atomic mass is 19.2. The van der Waals surface area contributed by atoms with Crippen LogP contribution in [0.3, 0.4) is 0 Å². The van der Waals surface area contributed by atoms with E-state index in [4.69, 9.17) is 0 Å². The van der Waals surface area contributed by atoms with Crippen LogP contribution in [0.15, 0.2) is 72.8 Å². The van der Waals surface area contributed by atoms with E-state index < -0.39 is 17.5 Å². The van der Waals surface area contributed by atoms with Crippen molar-refractivity contribution < 1.29 is 13.2 Å². The molecule has 2 aliphatic rings. The minimum absolute atomic E-state index is 0.0760. The summed E-state index contributed by atoms with van der Waals surface area (Å²) in [5.74, 6) is -2.61. The van der Waals surface area contributed by atoms with Crippen molar-refractivity contribution in [3.05, 3.63) is 107 Å². The van der Waals surface area contributed by atoms with Crippen LogP contribution >= 0.6 is 0 Å². The number of rotatable bonds is 5. The second-order valence-electron chi connectivity index (χ2n) is 8.92. The average molecular weight is 437 g/mol. The highest BCUT2D eigenvalue weighted by Crippen LogP contribution is 2.38. The summed E-state index contributed by atoms with van der Waals surface area (Å²) in [6.07, 6.45) is 2.19. The van der Waals surface area contributed by atoms with Crippen LogP contribution in [0.5, 0.6) is 0 Å². The van der Waals surface area contributed by atoms with Gasteiger partial charge in [-0.1, -0.05) is 60.7 Å². The molecule has 2 unspecified atom stereocenters. The first-order chi connectivity index (χ1) is 15.6. The van der Waals surface area contributed by atoms with Crippen LogP contribution in [-0.2, 0) is 6.54 Å². The van der Waals surface area contributed by atoms with Crippen molar-refractivity contribution in [3.63, 3.8) is 0 Å². The van der Waals surface area contributed by atoms with Gasteiger partial charge >= 0.3 is 0 Å². The largest absolute Gasteiger partial charge is 0.296 e. The molecule has 0 radical (unpaired) electrons. The van der Waals surface area contributed by atoms with Gasteiger partial charge in [-0.25, -0.2) is 13.2 Å². The van der Waals surface area contributed by atoms with Gasteiger partial charge in [0, 0.05) is 43.2 Å². The lowest BCUT2D eigenvalue weighted by Crippen LogP contribution is -2.58. The Labute approximate surface area is 187 Å². The van der Waals surface area contributed by atoms with Crippen molar-refractivity contribution >= 4 is 0 Å². The van der Waals surface area contributed by atoms with Gasteiger partial charge in [-0.3, -0.25) is 9.80 Å². The van der Waals surface area contributed by atoms with Crippen LogP contribution in [-0.4, -0.2) is 41.5 Å². The summed E-state index contributed by atoms with van der Waals surface area (Å²) in [5, 5.41) is 0. The summed E-state index contributed by atoms with van der Waals surface area (Å²) in [4.78, 5) is 4.69. The summed E-state index contributed by atoms with van der Waals surface area (Å²) in [6, 6.07) is 23.3. The fourth-order valence-electron chi connectivity index (χ4n) is 5.55. The third kappa shape index (κ3) is 4.07. The zero-order valence-corrected chi connectivity index (χ0v) is 17.9. The molecule has 3 aromatic rings. The number of hydrogen-bond acceptors (Lipinski definition) is 2. The number of piperazine rings is 1. The highest BCUT2D eigenvalue weighted by Gasteiger charge is 2.42. The van der Waals surface area contributed by atoms with E-state index in [0.29, 0.717) is 12.6 Å². The quantitative estimate of drug-likeness (QED) is 0.482. The van der Waals surface area contributed by atoms with E-state index in [9.17, 15) is 13.2 Å². The Morgan fingerprint density at radius 2 is 1.41 bits per heavy atom. The van der Waals surface area contributed by atoms with Crippen molar-refractivity contribution in [3.8, 4) is 0 Å². The first-order valence-electron chi connectivity index (χ1n) is 11.3. The fraction of sp³-hybridized carbons (Fsp3) is 0.333. The maximum Gasteiger partial charge on any atom is 0.166 e. The van der Waals surface area contributed by atoms with E-state index in [1.165, 1.54) is 11.1 Å². The van der Waals surface area contributed by atoms with E-state index in [1.807, 2.05) is 12.1 Å². The van der Waals surface area contributed by atoms with Crippen molar-refractivity contribution in [2.24, 2.45) is 0 Å². The molecule has 0 N–H and O–H groups in total. The summed E-state index contributed by atoms with van der Waals surface area (Å²) in [7, 11) is 0. The molecule has 0 spiro atoms. The first kappa shape index (κ1) is 21.2. The lowest BCUT2D eigenvalue weighted by Gasteiger charge is -2.47. The number of fused-ring (bicyclic) bond motifs is 1. The maximum atomic E-state index is 14.4. The van der Waals surface area contributed by atoms with E-state index >= 15 is 0 Å². The van der Waals surface area contributed by atoms with Crippen LogP contribution in [0.2, 0.25) is 0 Å². The SMILES string of the molecule is Fc1ccc(F)c(CN2CC3CCCN3C(C(c3ccccc3)c3ccccc3)C2)c1F. The lowest BCUT2D eigenvalue weighted by atomic mass is 9.82. The van der Waals surface area contributed by atoms with Gasteiger partial charge in [-0.2, -0.15) is 0 Å². The number of halogens is 3. The molecule has 2 nitrogen and oxygen atoms in total. The van der Waals surface area contributed by atoms with Crippen LogP contribution in [0, 0.1) is 17.5 Å². The minimum atomic E-state index is -1.07. The smallest absolute Gasteiger partial charge is 0.166 e. The Bertz CT molecular complexity index is 1020. The van der Waals surface area contributed by atoms with Gasteiger partial charge in [0.2, 0.25) is 0 Å². The molecule has 2 fully saturated rings. The van der Waals surface area contributed by atoms with Gasteiger partial charge in [-0.15, -0.1) is 0 Å². The van der Waals surface area contributed by atoms with E-state index in [1.54, 1.807) is 0 Å². The Kier molecular flexibility index (Phi) is 6.03. The molecule has 0 aliphatic carbocycles. The predicted molar refractivity (Wildman–Crippen MR) is 120 cm³/mol.